The lowest BCUT2D eigenvalue weighted by Crippen LogP contribution is -1.89. The Morgan fingerprint density at radius 1 is 1.27 bits per heavy atom. The minimum atomic E-state index is 1.14. The van der Waals surface area contributed by atoms with E-state index in [0.29, 0.717) is 0 Å². The molecule has 0 aromatic heterocycles. The maximum absolute atomic E-state index is 3.18. The van der Waals surface area contributed by atoms with Crippen LogP contribution in [-0.4, -0.2) is 0 Å². The summed E-state index contributed by atoms with van der Waals surface area (Å²) in [6.45, 7) is 4.37. The molecule has 1 aliphatic rings. The molecule has 0 radical (unpaired) electrons. The van der Waals surface area contributed by atoms with Crippen LogP contribution in [0.25, 0.3) is 11.6 Å². The van der Waals surface area contributed by atoms with Crippen LogP contribution in [0, 0.1) is 6.92 Å². The van der Waals surface area contributed by atoms with E-state index in [9.17, 15) is 0 Å². The number of aryl methyl sites for hydroxylation is 1. The van der Waals surface area contributed by atoms with E-state index in [4.69, 9.17) is 0 Å². The Balaban J connectivity index is 2.54. The molecule has 1 aromatic rings. The van der Waals surface area contributed by atoms with Gasteiger partial charge in [-0.25, -0.2) is 0 Å². The van der Waals surface area contributed by atoms with Gasteiger partial charge in [-0.1, -0.05) is 43.2 Å². The highest BCUT2D eigenvalue weighted by Gasteiger charge is 2.06. The van der Waals surface area contributed by atoms with Crippen molar-refractivity contribution in [3.63, 3.8) is 0 Å². The summed E-state index contributed by atoms with van der Waals surface area (Å²) in [5.41, 5.74) is 8.60. The first-order valence-electron chi connectivity index (χ1n) is 5.54. The van der Waals surface area contributed by atoms with Gasteiger partial charge in [0.1, 0.15) is 0 Å². The second-order valence-corrected chi connectivity index (χ2v) is 4.01. The first-order valence-corrected chi connectivity index (χ1v) is 5.54. The molecule has 15 heavy (non-hydrogen) atoms. The van der Waals surface area contributed by atoms with Crippen molar-refractivity contribution in [2.45, 2.75) is 26.7 Å². The van der Waals surface area contributed by atoms with Crippen LogP contribution in [0.2, 0.25) is 0 Å². The first kappa shape index (κ1) is 10.0. The van der Waals surface area contributed by atoms with Crippen molar-refractivity contribution < 1.29 is 0 Å². The van der Waals surface area contributed by atoms with Gasteiger partial charge in [0.05, 0.1) is 0 Å². The summed E-state index contributed by atoms with van der Waals surface area (Å²) in [7, 11) is 0. The minimum absolute atomic E-state index is 1.14. The molecular weight excluding hydrogens is 180 g/mol. The van der Waals surface area contributed by atoms with E-state index in [2.05, 4.69) is 49.9 Å². The topological polar surface area (TPSA) is 0 Å². The molecule has 0 bridgehead atoms. The Hall–Kier alpha value is -1.52. The molecule has 0 unspecified atom stereocenters. The van der Waals surface area contributed by atoms with Crippen molar-refractivity contribution in [2.75, 3.05) is 0 Å². The standard InChI is InChI=1S/C15H16/c1-3-6-13-7-4-5-8-14-10-9-12(2)11-15(13)14/h4,7-11H,3,6H2,1-2H3. The van der Waals surface area contributed by atoms with E-state index in [1.807, 2.05) is 6.08 Å². The van der Waals surface area contributed by atoms with Gasteiger partial charge in [0, 0.05) is 0 Å². The lowest BCUT2D eigenvalue weighted by molar-refractivity contribution is 0.973. The minimum Gasteiger partial charge on any atom is -0.120 e. The highest BCUT2D eigenvalue weighted by molar-refractivity contribution is 5.77. The zero-order chi connectivity index (χ0) is 10.7. The van der Waals surface area contributed by atoms with Crippen LogP contribution in [0.15, 0.2) is 36.1 Å². The molecule has 0 amide bonds. The zero-order valence-electron chi connectivity index (χ0n) is 9.38. The number of benzene rings is 1. The molecule has 0 fully saturated rings. The van der Waals surface area contributed by atoms with Crippen LogP contribution in [0.4, 0.5) is 0 Å². The second kappa shape index (κ2) is 4.33. The molecule has 76 valence electrons. The van der Waals surface area contributed by atoms with Crippen molar-refractivity contribution in [3.8, 4) is 0 Å². The van der Waals surface area contributed by atoms with Gasteiger partial charge >= 0.3 is 0 Å². The highest BCUT2D eigenvalue weighted by Crippen LogP contribution is 2.27. The molecule has 2 rings (SSSR count). The Kier molecular flexibility index (Phi) is 2.89. The van der Waals surface area contributed by atoms with Crippen molar-refractivity contribution in [2.24, 2.45) is 0 Å². The molecule has 0 nitrogen and oxygen atoms in total. The number of hydrogen-bond acceptors (Lipinski definition) is 0. The third kappa shape index (κ3) is 2.11. The molecule has 1 aliphatic carbocycles. The highest BCUT2D eigenvalue weighted by atomic mass is 14.1. The quantitative estimate of drug-likeness (QED) is 0.616. The van der Waals surface area contributed by atoms with Crippen LogP contribution < -0.4 is 0 Å². The van der Waals surface area contributed by atoms with Crippen molar-refractivity contribution in [3.05, 3.63) is 52.8 Å². The predicted octanol–water partition coefficient (Wildman–Crippen LogP) is 4.36. The summed E-state index contributed by atoms with van der Waals surface area (Å²) >= 11 is 0. The average molecular weight is 196 g/mol. The third-order valence-corrected chi connectivity index (χ3v) is 2.69. The summed E-state index contributed by atoms with van der Waals surface area (Å²) in [5.74, 6) is 0. The SMILES string of the molecule is CCCC1=CC=C=Cc2ccc(C)cc21. The van der Waals surface area contributed by atoms with E-state index in [-0.39, 0.29) is 0 Å². The second-order valence-electron chi connectivity index (χ2n) is 4.01. The van der Waals surface area contributed by atoms with E-state index < -0.39 is 0 Å². The fourth-order valence-corrected chi connectivity index (χ4v) is 1.94. The third-order valence-electron chi connectivity index (χ3n) is 2.69. The van der Waals surface area contributed by atoms with E-state index in [1.165, 1.54) is 28.7 Å². The van der Waals surface area contributed by atoms with Gasteiger partial charge in [-0.2, -0.15) is 0 Å². The summed E-state index contributed by atoms with van der Waals surface area (Å²) in [6.07, 6.45) is 8.59. The fourth-order valence-electron chi connectivity index (χ4n) is 1.94. The lowest BCUT2D eigenvalue weighted by Gasteiger charge is -2.09. The molecular formula is C15H16. The van der Waals surface area contributed by atoms with E-state index in [1.54, 1.807) is 0 Å². The fraction of sp³-hybridized carbons (Fsp3) is 0.267. The van der Waals surface area contributed by atoms with Crippen molar-refractivity contribution >= 4 is 11.6 Å². The smallest absolute Gasteiger partial charge is 0.0104 e. The normalized spacial score (nSPS) is 13.3. The maximum Gasteiger partial charge on any atom is -0.0104 e. The summed E-state index contributed by atoms with van der Waals surface area (Å²) in [6, 6.07) is 6.61. The van der Waals surface area contributed by atoms with Gasteiger partial charge < -0.3 is 0 Å². The predicted molar refractivity (Wildman–Crippen MR) is 66.6 cm³/mol. The zero-order valence-corrected chi connectivity index (χ0v) is 9.38. The molecule has 0 spiro atoms. The Bertz CT molecular complexity index is 455. The van der Waals surface area contributed by atoms with Crippen LogP contribution in [0.5, 0.6) is 0 Å². The van der Waals surface area contributed by atoms with Crippen molar-refractivity contribution in [1.82, 2.24) is 0 Å². The van der Waals surface area contributed by atoms with Crippen LogP contribution in [0.3, 0.4) is 0 Å². The maximum atomic E-state index is 3.18. The van der Waals surface area contributed by atoms with Gasteiger partial charge in [0.25, 0.3) is 0 Å². The van der Waals surface area contributed by atoms with Gasteiger partial charge in [0.2, 0.25) is 0 Å². The summed E-state index contributed by atoms with van der Waals surface area (Å²) in [4.78, 5) is 0. The Morgan fingerprint density at radius 3 is 2.93 bits per heavy atom. The number of rotatable bonds is 2. The van der Waals surface area contributed by atoms with Gasteiger partial charge in [0.15, 0.2) is 0 Å². The Labute approximate surface area is 91.6 Å². The number of hydrogen-bond donors (Lipinski definition) is 0. The molecule has 1 aromatic carbocycles. The van der Waals surface area contributed by atoms with Gasteiger partial charge in [-0.05, 0) is 42.2 Å². The molecule has 0 saturated heterocycles. The number of allylic oxidation sites excluding steroid dienone is 3. The molecule has 0 heterocycles. The summed E-state index contributed by atoms with van der Waals surface area (Å²) < 4.78 is 0. The molecule has 0 heteroatoms. The molecule has 0 N–H and O–H groups in total. The molecule has 0 aliphatic heterocycles. The summed E-state index contributed by atoms with van der Waals surface area (Å²) in [5, 5.41) is 0. The molecule has 0 atom stereocenters. The number of fused-ring (bicyclic) bond motifs is 1. The van der Waals surface area contributed by atoms with Gasteiger partial charge in [-0.15, -0.1) is 5.73 Å². The van der Waals surface area contributed by atoms with Crippen LogP contribution >= 0.6 is 0 Å². The van der Waals surface area contributed by atoms with Crippen molar-refractivity contribution in [1.29, 1.82) is 0 Å². The average Bonchev–Trinajstić information content (AvgIpc) is 2.42. The lowest BCUT2D eigenvalue weighted by atomic mass is 9.95. The van der Waals surface area contributed by atoms with E-state index >= 15 is 0 Å². The molecule has 0 saturated carbocycles. The van der Waals surface area contributed by atoms with Crippen LogP contribution in [0.1, 0.15) is 36.5 Å². The van der Waals surface area contributed by atoms with E-state index in [0.717, 1.165) is 6.42 Å². The monoisotopic (exact) mass is 196 g/mol. The van der Waals surface area contributed by atoms with Gasteiger partial charge in [-0.3, -0.25) is 0 Å². The largest absolute Gasteiger partial charge is 0.120 e. The Morgan fingerprint density at radius 2 is 2.13 bits per heavy atom. The first-order chi connectivity index (χ1) is 7.31. The van der Waals surface area contributed by atoms with Crippen LogP contribution in [-0.2, 0) is 0 Å².